The van der Waals surface area contributed by atoms with Crippen LogP contribution in [-0.4, -0.2) is 53.1 Å². The van der Waals surface area contributed by atoms with E-state index >= 15 is 0 Å². The molecule has 0 radical (unpaired) electrons. The Morgan fingerprint density at radius 3 is 2.37 bits per heavy atom. The van der Waals surface area contributed by atoms with E-state index in [1.165, 1.54) is 13.0 Å². The number of amides is 2. The number of benzene rings is 1. The number of azo groups is 1. The van der Waals surface area contributed by atoms with Crippen LogP contribution in [0.1, 0.15) is 43.7 Å². The van der Waals surface area contributed by atoms with Crippen LogP contribution >= 0.6 is 27.0 Å². The molecule has 0 spiro atoms. The molecule has 2 aliphatic heterocycles. The highest BCUT2D eigenvalue weighted by atomic mass is 32.1. The molecule has 3 aliphatic rings. The number of carbonyl (C=O) groups is 3. The zero-order valence-electron chi connectivity index (χ0n) is 20.0. The smallest absolute Gasteiger partial charge is 0.312 e. The summed E-state index contributed by atoms with van der Waals surface area (Å²) in [5.74, 6) is -9.54. The third-order valence-electron chi connectivity index (χ3n) is 6.92. The number of halogens is 6. The molecule has 1 aliphatic carbocycles. The zero-order chi connectivity index (χ0) is 26.4. The molecule has 2 heterocycles. The topological polar surface area (TPSA) is 91.2 Å². The molecule has 2 atom stereocenters. The first-order valence-electron chi connectivity index (χ1n) is 11.2. The lowest BCUT2D eigenvalue weighted by atomic mass is 9.71. The Morgan fingerprint density at radius 2 is 1.82 bits per heavy atom. The molecule has 7 nitrogen and oxygen atoms in total. The van der Waals surface area contributed by atoms with Gasteiger partial charge < -0.3 is 10.2 Å². The van der Waals surface area contributed by atoms with Crippen molar-refractivity contribution in [2.45, 2.75) is 56.5 Å². The van der Waals surface area contributed by atoms with Crippen LogP contribution in [0.5, 0.6) is 0 Å². The van der Waals surface area contributed by atoms with Gasteiger partial charge in [0.15, 0.2) is 0 Å². The van der Waals surface area contributed by atoms with E-state index in [0.717, 1.165) is 11.0 Å². The fourth-order valence-electron chi connectivity index (χ4n) is 5.07. The number of nitrogens with zero attached hydrogens (tertiary/aromatic N) is 3. The Kier molecular flexibility index (Phi) is 9.73. The third kappa shape index (κ3) is 5.87. The van der Waals surface area contributed by atoms with Crippen molar-refractivity contribution in [3.05, 3.63) is 46.7 Å². The number of carbonyl (C=O) groups excluding carboxylic acids is 3. The Balaban J connectivity index is 0.00000253. The largest absolute Gasteiger partial charge is 0.336 e. The van der Waals surface area contributed by atoms with Crippen molar-refractivity contribution < 1.29 is 40.7 Å². The summed E-state index contributed by atoms with van der Waals surface area (Å²) in [6.07, 6.45) is -3.87. The fourth-order valence-corrected chi connectivity index (χ4v) is 5.07. The average molecular weight is 585 g/mol. The summed E-state index contributed by atoms with van der Waals surface area (Å²) in [5.41, 5.74) is -3.18. The van der Waals surface area contributed by atoms with Crippen molar-refractivity contribution in [1.82, 2.24) is 10.2 Å². The summed E-state index contributed by atoms with van der Waals surface area (Å²) in [4.78, 5) is 39.5. The lowest BCUT2D eigenvalue weighted by Gasteiger charge is -2.47. The van der Waals surface area contributed by atoms with E-state index in [1.807, 2.05) is 0 Å². The Hall–Kier alpha value is -2.55. The van der Waals surface area contributed by atoms with Crippen molar-refractivity contribution >= 4 is 44.6 Å². The van der Waals surface area contributed by atoms with E-state index in [-0.39, 0.29) is 52.2 Å². The molecule has 1 N–H and O–H groups in total. The Morgan fingerprint density at radius 1 is 1.16 bits per heavy atom. The highest BCUT2D eigenvalue weighted by Crippen LogP contribution is 2.50. The molecule has 1 saturated carbocycles. The molecule has 1 aromatic rings. The second-order valence-corrected chi connectivity index (χ2v) is 9.27. The molecular formula is C23H26F6N4O3S2. The zero-order valence-corrected chi connectivity index (χ0v) is 22.0. The van der Waals surface area contributed by atoms with Gasteiger partial charge in [0.05, 0.1) is 23.3 Å². The SMILES string of the molecule is C[C@H]1[C@@H](C(=O)Cc2ccc(F)c(C(F)F)c2F)CCN1C(=O)C(=O)NC1(C2=CCN=N2)CC(F)(F)C1.S.S. The molecule has 4 rings (SSSR count). The number of hydrogen-bond acceptors (Lipinski definition) is 5. The Labute approximate surface area is 228 Å². The quantitative estimate of drug-likeness (QED) is 0.403. The maximum atomic E-state index is 14.4. The van der Waals surface area contributed by atoms with E-state index in [1.54, 1.807) is 0 Å². The molecule has 0 bridgehead atoms. The minimum Gasteiger partial charge on any atom is -0.336 e. The van der Waals surface area contributed by atoms with Gasteiger partial charge in [-0.3, -0.25) is 14.4 Å². The molecule has 38 heavy (non-hydrogen) atoms. The van der Waals surface area contributed by atoms with Crippen LogP contribution in [0.4, 0.5) is 26.3 Å². The van der Waals surface area contributed by atoms with E-state index in [0.29, 0.717) is 6.07 Å². The van der Waals surface area contributed by atoms with E-state index < -0.39 is 89.5 Å². The van der Waals surface area contributed by atoms with Gasteiger partial charge in [0.25, 0.3) is 12.3 Å². The number of hydrogen-bond donors (Lipinski definition) is 1. The van der Waals surface area contributed by atoms with Gasteiger partial charge in [-0.15, -0.1) is 0 Å². The molecule has 2 amide bonds. The first-order valence-corrected chi connectivity index (χ1v) is 11.2. The number of alkyl halides is 4. The maximum Gasteiger partial charge on any atom is 0.312 e. The van der Waals surface area contributed by atoms with Crippen LogP contribution in [0.3, 0.4) is 0 Å². The summed E-state index contributed by atoms with van der Waals surface area (Å²) in [6.45, 7) is 1.66. The lowest BCUT2D eigenvalue weighted by molar-refractivity contribution is -0.154. The van der Waals surface area contributed by atoms with Gasteiger partial charge in [0.1, 0.15) is 17.4 Å². The number of nitrogens with one attached hydrogen (secondary N) is 1. The predicted molar refractivity (Wildman–Crippen MR) is 133 cm³/mol. The van der Waals surface area contributed by atoms with Gasteiger partial charge in [-0.05, 0) is 31.1 Å². The minimum atomic E-state index is -3.41. The summed E-state index contributed by atoms with van der Waals surface area (Å²) < 4.78 is 81.2. The first-order chi connectivity index (χ1) is 16.8. The minimum absolute atomic E-state index is 0. The van der Waals surface area contributed by atoms with Gasteiger partial charge in [-0.25, -0.2) is 26.3 Å². The van der Waals surface area contributed by atoms with Crippen molar-refractivity contribution in [1.29, 1.82) is 0 Å². The fraction of sp³-hybridized carbons (Fsp3) is 0.522. The molecule has 2 fully saturated rings. The van der Waals surface area contributed by atoms with E-state index in [4.69, 9.17) is 0 Å². The van der Waals surface area contributed by atoms with Crippen LogP contribution in [0, 0.1) is 17.6 Å². The van der Waals surface area contributed by atoms with Crippen molar-refractivity contribution in [2.75, 3.05) is 13.1 Å². The highest BCUT2D eigenvalue weighted by Gasteiger charge is 2.60. The third-order valence-corrected chi connectivity index (χ3v) is 6.92. The summed E-state index contributed by atoms with van der Waals surface area (Å²) in [5, 5.41) is 9.86. The summed E-state index contributed by atoms with van der Waals surface area (Å²) >= 11 is 0. The van der Waals surface area contributed by atoms with Crippen molar-refractivity contribution in [2.24, 2.45) is 16.1 Å². The average Bonchev–Trinajstić information content (AvgIpc) is 3.44. The molecule has 1 aromatic carbocycles. The van der Waals surface area contributed by atoms with E-state index in [2.05, 4.69) is 15.5 Å². The van der Waals surface area contributed by atoms with Gasteiger partial charge in [-0.2, -0.15) is 37.2 Å². The number of Topliss-reactive ketones (excluding diaryl/α,β-unsaturated/α-hetero) is 1. The number of ketones is 1. The predicted octanol–water partition coefficient (Wildman–Crippen LogP) is 4.11. The molecule has 210 valence electrons. The van der Waals surface area contributed by atoms with Crippen molar-refractivity contribution in [3.8, 4) is 0 Å². The highest BCUT2D eigenvalue weighted by molar-refractivity contribution is 7.59. The second kappa shape index (κ2) is 11.7. The van der Waals surface area contributed by atoms with E-state index in [9.17, 15) is 40.7 Å². The maximum absolute atomic E-state index is 14.4. The van der Waals surface area contributed by atoms with Gasteiger partial charge in [0, 0.05) is 37.8 Å². The van der Waals surface area contributed by atoms with Gasteiger partial charge in [0.2, 0.25) is 0 Å². The van der Waals surface area contributed by atoms with Crippen LogP contribution in [0.15, 0.2) is 34.1 Å². The molecule has 0 unspecified atom stereocenters. The van der Waals surface area contributed by atoms with Crippen LogP contribution in [0.2, 0.25) is 0 Å². The second-order valence-electron chi connectivity index (χ2n) is 9.27. The molecule has 15 heteroatoms. The van der Waals surface area contributed by atoms with Gasteiger partial charge in [-0.1, -0.05) is 6.07 Å². The molecular weight excluding hydrogens is 558 g/mol. The van der Waals surface area contributed by atoms with Gasteiger partial charge >= 0.3 is 11.8 Å². The first kappa shape index (κ1) is 31.7. The van der Waals surface area contributed by atoms with Crippen molar-refractivity contribution in [3.63, 3.8) is 0 Å². The number of likely N-dealkylation sites (tertiary alicyclic amines) is 1. The normalized spacial score (nSPS) is 22.7. The standard InChI is InChI=1S/C23H22F6N4O3.2H2S/c1-11-13(15(34)8-12-2-3-14(24)17(18(12)25)19(26)27)5-7-33(11)21(36)20(35)31-22(9-23(28,29)10-22)16-4-6-30-32-16;;/h2-4,11,13,19H,5-10H2,1H3,(H,31,35);2*1H2/t11-,13-;;/m0../s1. The monoisotopic (exact) mass is 584 g/mol. The summed E-state index contributed by atoms with van der Waals surface area (Å²) in [7, 11) is 0. The molecule has 0 aromatic heterocycles. The van der Waals surface area contributed by atoms with Crippen LogP contribution in [0.25, 0.3) is 0 Å². The van der Waals surface area contributed by atoms with Crippen LogP contribution in [-0.2, 0) is 20.8 Å². The van der Waals surface area contributed by atoms with Crippen LogP contribution < -0.4 is 5.32 Å². The number of rotatable bonds is 6. The lowest BCUT2D eigenvalue weighted by Crippen LogP contribution is -2.65. The Bertz CT molecular complexity index is 1170. The summed E-state index contributed by atoms with van der Waals surface area (Å²) in [6, 6.07) is 0.760. The molecule has 1 saturated heterocycles.